The maximum atomic E-state index is 11.6. The van der Waals surface area contributed by atoms with Crippen molar-refractivity contribution in [2.45, 2.75) is 0 Å². The minimum atomic E-state index is -0.411. The lowest BCUT2D eigenvalue weighted by atomic mass is 10.1. The number of pyridine rings is 1. The largest absolute Gasteiger partial charge is 0.472 e. The second-order valence-corrected chi connectivity index (χ2v) is 6.83. The van der Waals surface area contributed by atoms with Crippen LogP contribution in [-0.4, -0.2) is 18.1 Å². The van der Waals surface area contributed by atoms with Gasteiger partial charge >= 0.3 is 5.97 Å². The third-order valence-corrected chi connectivity index (χ3v) is 5.01. The van der Waals surface area contributed by atoms with Crippen LogP contribution >= 0.6 is 11.3 Å². The van der Waals surface area contributed by atoms with Crippen molar-refractivity contribution in [2.24, 2.45) is 0 Å². The lowest BCUT2D eigenvalue weighted by Gasteiger charge is -2.13. The van der Waals surface area contributed by atoms with Gasteiger partial charge in [0.25, 0.3) is 0 Å². The van der Waals surface area contributed by atoms with Gasteiger partial charge in [0, 0.05) is 11.1 Å². The summed E-state index contributed by atoms with van der Waals surface area (Å²) in [7, 11) is 1.34. The maximum absolute atomic E-state index is 11.6. The van der Waals surface area contributed by atoms with E-state index in [0.717, 1.165) is 21.7 Å². The molecule has 3 aromatic heterocycles. The molecule has 0 saturated carbocycles. The number of anilines is 1. The summed E-state index contributed by atoms with van der Waals surface area (Å²) in [6, 6.07) is 14.3. The Hall–Kier alpha value is -3.58. The average Bonchev–Trinajstić information content (AvgIpc) is 3.44. The highest BCUT2D eigenvalue weighted by Gasteiger charge is 2.16. The summed E-state index contributed by atoms with van der Waals surface area (Å²) in [6.07, 6.45) is 3.21. The SMILES string of the molecule is COC(=O)c1ccc(Oc2nc(-c3cccs3)cc(-c3ccoc3)c2N)cc1. The number of ether oxygens (including phenoxy) is 2. The zero-order chi connectivity index (χ0) is 19.5. The molecule has 0 spiro atoms. The monoisotopic (exact) mass is 392 g/mol. The number of carbonyl (C=O) groups is 1. The van der Waals surface area contributed by atoms with E-state index in [4.69, 9.17) is 19.6 Å². The van der Waals surface area contributed by atoms with Gasteiger partial charge in [-0.1, -0.05) is 6.07 Å². The van der Waals surface area contributed by atoms with Crippen molar-refractivity contribution in [3.8, 4) is 33.3 Å². The maximum Gasteiger partial charge on any atom is 0.337 e. The molecule has 4 rings (SSSR count). The Labute approximate surface area is 165 Å². The van der Waals surface area contributed by atoms with Gasteiger partial charge in [0.1, 0.15) is 11.4 Å². The molecule has 0 saturated heterocycles. The average molecular weight is 392 g/mol. The zero-order valence-electron chi connectivity index (χ0n) is 14.9. The topological polar surface area (TPSA) is 87.6 Å². The molecular weight excluding hydrogens is 376 g/mol. The number of hydrogen-bond donors (Lipinski definition) is 1. The first kappa shape index (κ1) is 17.8. The van der Waals surface area contributed by atoms with Gasteiger partial charge < -0.3 is 19.6 Å². The Kier molecular flexibility index (Phi) is 4.82. The van der Waals surface area contributed by atoms with E-state index in [1.807, 2.05) is 29.6 Å². The molecule has 0 unspecified atom stereocenters. The van der Waals surface area contributed by atoms with Crippen LogP contribution < -0.4 is 10.5 Å². The minimum absolute atomic E-state index is 0.285. The number of nitrogens with zero attached hydrogens (tertiary/aromatic N) is 1. The van der Waals surface area contributed by atoms with Crippen molar-refractivity contribution in [3.63, 3.8) is 0 Å². The molecule has 0 aliphatic rings. The number of hydrogen-bond acceptors (Lipinski definition) is 7. The number of nitrogen functional groups attached to an aromatic ring is 1. The van der Waals surface area contributed by atoms with Crippen molar-refractivity contribution in [1.82, 2.24) is 4.98 Å². The van der Waals surface area contributed by atoms with Crippen molar-refractivity contribution in [2.75, 3.05) is 12.8 Å². The van der Waals surface area contributed by atoms with Gasteiger partial charge in [0.15, 0.2) is 0 Å². The Bertz CT molecular complexity index is 1090. The van der Waals surface area contributed by atoms with Crippen LogP contribution in [0.4, 0.5) is 5.69 Å². The molecule has 0 bridgehead atoms. The molecule has 3 heterocycles. The van der Waals surface area contributed by atoms with E-state index >= 15 is 0 Å². The Balaban J connectivity index is 1.74. The van der Waals surface area contributed by atoms with Crippen LogP contribution in [0.2, 0.25) is 0 Å². The number of rotatable bonds is 5. The normalized spacial score (nSPS) is 10.6. The molecule has 6 nitrogen and oxygen atoms in total. The van der Waals surface area contributed by atoms with Gasteiger partial charge in [0.05, 0.1) is 35.8 Å². The van der Waals surface area contributed by atoms with Crippen molar-refractivity contribution < 1.29 is 18.7 Å². The van der Waals surface area contributed by atoms with Crippen LogP contribution in [0.15, 0.2) is 70.9 Å². The van der Waals surface area contributed by atoms with Gasteiger partial charge in [-0.2, -0.15) is 0 Å². The molecule has 28 heavy (non-hydrogen) atoms. The summed E-state index contributed by atoms with van der Waals surface area (Å²) < 4.78 is 15.8. The number of thiophene rings is 1. The third-order valence-electron chi connectivity index (χ3n) is 4.12. The highest BCUT2D eigenvalue weighted by Crippen LogP contribution is 2.38. The summed E-state index contributed by atoms with van der Waals surface area (Å²) in [4.78, 5) is 17.2. The smallest absolute Gasteiger partial charge is 0.337 e. The van der Waals surface area contributed by atoms with Crippen LogP contribution in [0.3, 0.4) is 0 Å². The van der Waals surface area contributed by atoms with E-state index in [1.54, 1.807) is 48.1 Å². The van der Waals surface area contributed by atoms with Crippen LogP contribution in [0, 0.1) is 0 Å². The molecule has 7 heteroatoms. The summed E-state index contributed by atoms with van der Waals surface area (Å²) >= 11 is 1.58. The minimum Gasteiger partial charge on any atom is -0.472 e. The standard InChI is InChI=1S/C21H16N2O4S/c1-25-21(24)13-4-6-15(7-5-13)27-20-19(22)16(14-8-9-26-12-14)11-17(23-20)18-3-2-10-28-18/h2-12H,22H2,1H3. The number of carbonyl (C=O) groups excluding carboxylic acids is 1. The first-order valence-corrected chi connectivity index (χ1v) is 9.27. The lowest BCUT2D eigenvalue weighted by molar-refractivity contribution is 0.0600. The first-order chi connectivity index (χ1) is 13.7. The predicted molar refractivity (Wildman–Crippen MR) is 108 cm³/mol. The molecule has 0 amide bonds. The molecule has 0 aliphatic carbocycles. The van der Waals surface area contributed by atoms with E-state index in [1.165, 1.54) is 7.11 Å². The fraction of sp³-hybridized carbons (Fsp3) is 0.0476. The number of furan rings is 1. The molecule has 140 valence electrons. The van der Waals surface area contributed by atoms with Crippen molar-refractivity contribution >= 4 is 23.0 Å². The molecule has 2 N–H and O–H groups in total. The zero-order valence-corrected chi connectivity index (χ0v) is 15.7. The lowest BCUT2D eigenvalue weighted by Crippen LogP contribution is -2.01. The van der Waals surface area contributed by atoms with Crippen LogP contribution in [-0.2, 0) is 4.74 Å². The summed E-state index contributed by atoms with van der Waals surface area (Å²) in [5.41, 5.74) is 9.54. The number of nitrogens with two attached hydrogens (primary N) is 1. The molecule has 4 aromatic rings. The summed E-state index contributed by atoms with van der Waals surface area (Å²) in [5, 5.41) is 1.98. The molecule has 0 aliphatic heterocycles. The highest BCUT2D eigenvalue weighted by molar-refractivity contribution is 7.13. The summed E-state index contributed by atoms with van der Waals surface area (Å²) in [5.74, 6) is 0.382. The second kappa shape index (κ2) is 7.58. The van der Waals surface area contributed by atoms with Crippen LogP contribution in [0.5, 0.6) is 11.6 Å². The Morgan fingerprint density at radius 2 is 2.00 bits per heavy atom. The fourth-order valence-corrected chi connectivity index (χ4v) is 3.39. The van der Waals surface area contributed by atoms with Crippen LogP contribution in [0.1, 0.15) is 10.4 Å². The predicted octanol–water partition coefficient (Wildman–Crippen LogP) is 5.23. The highest BCUT2D eigenvalue weighted by atomic mass is 32.1. The van der Waals surface area contributed by atoms with Crippen LogP contribution in [0.25, 0.3) is 21.7 Å². The summed E-state index contributed by atoms with van der Waals surface area (Å²) in [6.45, 7) is 0. The second-order valence-electron chi connectivity index (χ2n) is 5.88. The van der Waals surface area contributed by atoms with Gasteiger partial charge in [-0.3, -0.25) is 0 Å². The molecule has 0 atom stereocenters. The van der Waals surface area contributed by atoms with E-state index in [2.05, 4.69) is 4.98 Å². The van der Waals surface area contributed by atoms with Gasteiger partial charge in [-0.05, 0) is 47.8 Å². The van der Waals surface area contributed by atoms with E-state index < -0.39 is 5.97 Å². The Morgan fingerprint density at radius 1 is 1.18 bits per heavy atom. The number of benzene rings is 1. The van der Waals surface area contributed by atoms with Crippen molar-refractivity contribution in [3.05, 3.63) is 72.0 Å². The third kappa shape index (κ3) is 3.47. The van der Waals surface area contributed by atoms with Crippen molar-refractivity contribution in [1.29, 1.82) is 0 Å². The number of methoxy groups -OCH3 is 1. The number of esters is 1. The Morgan fingerprint density at radius 3 is 2.64 bits per heavy atom. The molecular formula is C21H16N2O4S. The molecule has 0 radical (unpaired) electrons. The molecule has 0 fully saturated rings. The van der Waals surface area contributed by atoms with E-state index in [-0.39, 0.29) is 5.88 Å². The fourth-order valence-electron chi connectivity index (χ4n) is 2.71. The van der Waals surface area contributed by atoms with Gasteiger partial charge in [-0.25, -0.2) is 9.78 Å². The quantitative estimate of drug-likeness (QED) is 0.468. The first-order valence-electron chi connectivity index (χ1n) is 8.39. The molecule has 1 aromatic carbocycles. The number of aromatic nitrogens is 1. The van der Waals surface area contributed by atoms with E-state index in [9.17, 15) is 4.79 Å². The van der Waals surface area contributed by atoms with E-state index in [0.29, 0.717) is 17.0 Å². The van der Waals surface area contributed by atoms with Gasteiger partial charge in [-0.15, -0.1) is 11.3 Å². The van der Waals surface area contributed by atoms with Gasteiger partial charge in [0.2, 0.25) is 5.88 Å².